The van der Waals surface area contributed by atoms with Gasteiger partial charge in [-0.2, -0.15) is 0 Å². The molecule has 1 aromatic heterocycles. The van der Waals surface area contributed by atoms with Crippen molar-refractivity contribution in [3.8, 4) is 11.3 Å². The van der Waals surface area contributed by atoms with Gasteiger partial charge >= 0.3 is 0 Å². The molecule has 176 valence electrons. The molecule has 0 saturated heterocycles. The minimum Gasteiger partial charge on any atom is -0.284 e. The van der Waals surface area contributed by atoms with Crippen molar-refractivity contribution in [2.24, 2.45) is 22.7 Å². The van der Waals surface area contributed by atoms with Gasteiger partial charge in [-0.15, -0.1) is 0 Å². The van der Waals surface area contributed by atoms with Gasteiger partial charge in [-0.1, -0.05) is 59.7 Å². The third-order valence-corrected chi connectivity index (χ3v) is 8.64. The highest BCUT2D eigenvalue weighted by molar-refractivity contribution is 5.80. The molecule has 33 heavy (non-hydrogen) atoms. The largest absolute Gasteiger partial charge is 0.284 e. The van der Waals surface area contributed by atoms with E-state index in [2.05, 4.69) is 78.1 Å². The van der Waals surface area contributed by atoms with Crippen LogP contribution in [-0.2, 0) is 0 Å². The zero-order valence-electron chi connectivity index (χ0n) is 21.6. The molecule has 4 aliphatic carbocycles. The summed E-state index contributed by atoms with van der Waals surface area (Å²) in [6.07, 6.45) is 10.4. The average molecular weight is 443 g/mol. The van der Waals surface area contributed by atoms with E-state index in [-0.39, 0.29) is 5.54 Å². The van der Waals surface area contributed by atoms with E-state index in [4.69, 9.17) is 9.98 Å². The van der Waals surface area contributed by atoms with Gasteiger partial charge in [0.05, 0.1) is 16.9 Å². The Morgan fingerprint density at radius 2 is 1.36 bits per heavy atom. The molecule has 2 aromatic rings. The SMILES string of the molecule is CC(C)c1cc(C(C)C)c(-c2cccc(C=NC34CC5CC(CC(C5)C3)C4)n2)c(C(C)C)c1. The van der Waals surface area contributed by atoms with Gasteiger partial charge in [-0.05, 0) is 103 Å². The molecule has 0 atom stereocenters. The first-order valence-corrected chi connectivity index (χ1v) is 13.4. The highest BCUT2D eigenvalue weighted by Crippen LogP contribution is 2.57. The standard InChI is InChI=1S/C31H42N2/c1-19(2)25-13-27(20(3)4)30(28(14-25)21(5)6)29-9-7-8-26(33-29)18-32-31-15-22-10-23(16-31)12-24(11-22)17-31/h7-9,13-14,18-24H,10-12,15-17H2,1-6H3. The van der Waals surface area contributed by atoms with E-state index in [1.165, 1.54) is 60.8 Å². The predicted molar refractivity (Wildman–Crippen MR) is 140 cm³/mol. The third kappa shape index (κ3) is 4.43. The van der Waals surface area contributed by atoms with Crippen LogP contribution in [0.5, 0.6) is 0 Å². The van der Waals surface area contributed by atoms with E-state index in [9.17, 15) is 0 Å². The summed E-state index contributed by atoms with van der Waals surface area (Å²) < 4.78 is 0. The number of pyridine rings is 1. The van der Waals surface area contributed by atoms with E-state index >= 15 is 0 Å². The van der Waals surface area contributed by atoms with Crippen LogP contribution in [0.1, 0.15) is 120 Å². The van der Waals surface area contributed by atoms with E-state index in [1.807, 2.05) is 0 Å². The normalized spacial score (nSPS) is 28.7. The number of rotatable bonds is 6. The monoisotopic (exact) mass is 442 g/mol. The van der Waals surface area contributed by atoms with Crippen molar-refractivity contribution in [3.05, 3.63) is 52.7 Å². The Labute approximate surface area is 201 Å². The third-order valence-electron chi connectivity index (χ3n) is 8.64. The average Bonchev–Trinajstić information content (AvgIpc) is 2.76. The zero-order chi connectivity index (χ0) is 23.3. The molecule has 2 heteroatoms. The summed E-state index contributed by atoms with van der Waals surface area (Å²) in [6, 6.07) is 11.4. The molecule has 0 unspecified atom stereocenters. The second-order valence-electron chi connectivity index (χ2n) is 12.4. The van der Waals surface area contributed by atoms with E-state index in [1.54, 1.807) is 0 Å². The fraction of sp³-hybridized carbons (Fsp3) is 0.613. The Morgan fingerprint density at radius 3 is 1.85 bits per heavy atom. The van der Waals surface area contributed by atoms with Crippen LogP contribution in [0.15, 0.2) is 35.3 Å². The van der Waals surface area contributed by atoms with Crippen molar-refractivity contribution in [1.82, 2.24) is 4.98 Å². The lowest BCUT2D eigenvalue weighted by atomic mass is 9.53. The summed E-state index contributed by atoms with van der Waals surface area (Å²) in [7, 11) is 0. The molecule has 0 spiro atoms. The molecule has 4 saturated carbocycles. The van der Waals surface area contributed by atoms with Crippen LogP contribution in [0.3, 0.4) is 0 Å². The van der Waals surface area contributed by atoms with Crippen LogP contribution >= 0.6 is 0 Å². The molecule has 1 heterocycles. The fourth-order valence-corrected chi connectivity index (χ4v) is 7.34. The Hall–Kier alpha value is -1.96. The van der Waals surface area contributed by atoms with Crippen LogP contribution in [0.2, 0.25) is 0 Å². The smallest absolute Gasteiger partial charge is 0.0815 e. The molecule has 2 nitrogen and oxygen atoms in total. The zero-order valence-corrected chi connectivity index (χ0v) is 21.6. The molecule has 0 aliphatic heterocycles. The van der Waals surface area contributed by atoms with E-state index in [0.29, 0.717) is 17.8 Å². The van der Waals surface area contributed by atoms with Crippen molar-refractivity contribution >= 4 is 6.21 Å². The van der Waals surface area contributed by atoms with E-state index in [0.717, 1.165) is 29.1 Å². The number of hydrogen-bond donors (Lipinski definition) is 0. The number of benzene rings is 1. The van der Waals surface area contributed by atoms with Crippen molar-refractivity contribution in [3.63, 3.8) is 0 Å². The molecule has 0 radical (unpaired) electrons. The Morgan fingerprint density at radius 1 is 0.818 bits per heavy atom. The van der Waals surface area contributed by atoms with Gasteiger partial charge in [-0.3, -0.25) is 4.99 Å². The Bertz CT molecular complexity index is 978. The summed E-state index contributed by atoms with van der Waals surface area (Å²) in [5.74, 6) is 4.23. The van der Waals surface area contributed by atoms with E-state index < -0.39 is 0 Å². The maximum atomic E-state index is 5.29. The summed E-state index contributed by atoms with van der Waals surface area (Å²) in [5, 5.41) is 0. The number of aromatic nitrogens is 1. The van der Waals surface area contributed by atoms with Crippen LogP contribution in [0, 0.1) is 17.8 Å². The van der Waals surface area contributed by atoms with Gasteiger partial charge in [0.25, 0.3) is 0 Å². The lowest BCUT2D eigenvalue weighted by Gasteiger charge is -2.54. The van der Waals surface area contributed by atoms with Crippen molar-refractivity contribution in [1.29, 1.82) is 0 Å². The highest BCUT2D eigenvalue weighted by Gasteiger charge is 2.50. The topological polar surface area (TPSA) is 25.2 Å². The molecular formula is C31H42N2. The lowest BCUT2D eigenvalue weighted by Crippen LogP contribution is -2.49. The summed E-state index contributed by atoms with van der Waals surface area (Å²) >= 11 is 0. The molecule has 4 fully saturated rings. The molecular weight excluding hydrogens is 400 g/mol. The second-order valence-corrected chi connectivity index (χ2v) is 12.4. The fourth-order valence-electron chi connectivity index (χ4n) is 7.34. The first-order chi connectivity index (χ1) is 15.7. The first-order valence-electron chi connectivity index (χ1n) is 13.4. The second kappa shape index (κ2) is 8.67. The van der Waals surface area contributed by atoms with Gasteiger partial charge < -0.3 is 0 Å². The van der Waals surface area contributed by atoms with Gasteiger partial charge in [-0.25, -0.2) is 4.98 Å². The van der Waals surface area contributed by atoms with Gasteiger partial charge in [0.15, 0.2) is 0 Å². The predicted octanol–water partition coefficient (Wildman–Crippen LogP) is 8.51. The Kier molecular flexibility index (Phi) is 6.00. The molecule has 6 rings (SSSR count). The van der Waals surface area contributed by atoms with Crippen molar-refractivity contribution < 1.29 is 0 Å². The Balaban J connectivity index is 1.51. The minimum atomic E-state index is 0.206. The quantitative estimate of drug-likeness (QED) is 0.412. The number of nitrogens with zero attached hydrogens (tertiary/aromatic N) is 2. The van der Waals surface area contributed by atoms with Gasteiger partial charge in [0, 0.05) is 11.8 Å². The maximum absolute atomic E-state index is 5.29. The molecule has 4 aliphatic rings. The summed E-state index contributed by atoms with van der Waals surface area (Å²) in [4.78, 5) is 10.5. The number of hydrogen-bond acceptors (Lipinski definition) is 2. The summed E-state index contributed by atoms with van der Waals surface area (Å²) in [5.41, 5.74) is 7.95. The maximum Gasteiger partial charge on any atom is 0.0815 e. The van der Waals surface area contributed by atoms with Crippen LogP contribution in [0.4, 0.5) is 0 Å². The van der Waals surface area contributed by atoms with Crippen molar-refractivity contribution in [2.75, 3.05) is 0 Å². The van der Waals surface area contributed by atoms with Crippen LogP contribution in [0.25, 0.3) is 11.3 Å². The molecule has 0 amide bonds. The minimum absolute atomic E-state index is 0.206. The van der Waals surface area contributed by atoms with Crippen LogP contribution < -0.4 is 0 Å². The van der Waals surface area contributed by atoms with Crippen molar-refractivity contribution in [2.45, 2.75) is 103 Å². The summed E-state index contributed by atoms with van der Waals surface area (Å²) in [6.45, 7) is 13.8. The highest BCUT2D eigenvalue weighted by atomic mass is 14.9. The molecule has 0 N–H and O–H groups in total. The first kappa shape index (κ1) is 22.8. The van der Waals surface area contributed by atoms with Crippen LogP contribution in [-0.4, -0.2) is 16.7 Å². The van der Waals surface area contributed by atoms with Gasteiger partial charge in [0.1, 0.15) is 0 Å². The molecule has 1 aromatic carbocycles. The van der Waals surface area contributed by atoms with Gasteiger partial charge in [0.2, 0.25) is 0 Å². The number of aliphatic imine (C=N–C) groups is 1. The molecule has 4 bridgehead atoms. The lowest BCUT2D eigenvalue weighted by molar-refractivity contribution is 0.00194.